The Hall–Kier alpha value is -1.78. The molecule has 1 aromatic carbocycles. The van der Waals surface area contributed by atoms with E-state index in [0.29, 0.717) is 0 Å². The van der Waals surface area contributed by atoms with Gasteiger partial charge in [-0.1, -0.05) is 6.07 Å². The first-order chi connectivity index (χ1) is 11.2. The van der Waals surface area contributed by atoms with Crippen LogP contribution in [0.3, 0.4) is 0 Å². The summed E-state index contributed by atoms with van der Waals surface area (Å²) < 4.78 is 10.8. The summed E-state index contributed by atoms with van der Waals surface area (Å²) in [6.45, 7) is 10.6. The summed E-state index contributed by atoms with van der Waals surface area (Å²) in [5.41, 5.74) is 3.93. The third kappa shape index (κ3) is 3.95. The van der Waals surface area contributed by atoms with E-state index in [4.69, 9.17) is 9.15 Å². The van der Waals surface area contributed by atoms with E-state index in [0.717, 1.165) is 50.8 Å². The molecule has 0 saturated carbocycles. The summed E-state index contributed by atoms with van der Waals surface area (Å²) in [5, 5.41) is 0. The largest absolute Gasteiger partial charge is 0.496 e. The molecule has 4 heteroatoms. The van der Waals surface area contributed by atoms with E-state index in [1.807, 2.05) is 6.07 Å². The average molecular weight is 314 g/mol. The maximum absolute atomic E-state index is 5.44. The van der Waals surface area contributed by atoms with Gasteiger partial charge in [-0.05, 0) is 48.7 Å². The lowest BCUT2D eigenvalue weighted by atomic mass is 10.0. The van der Waals surface area contributed by atoms with Crippen LogP contribution in [0.15, 0.2) is 34.9 Å². The minimum atomic E-state index is 0.918. The molecule has 23 heavy (non-hydrogen) atoms. The molecule has 0 spiro atoms. The lowest BCUT2D eigenvalue weighted by Crippen LogP contribution is -2.45. The van der Waals surface area contributed by atoms with Crippen LogP contribution in [0.1, 0.15) is 22.5 Å². The van der Waals surface area contributed by atoms with Crippen molar-refractivity contribution in [1.29, 1.82) is 0 Å². The predicted octanol–water partition coefficient (Wildman–Crippen LogP) is 3.22. The zero-order valence-electron chi connectivity index (χ0n) is 14.3. The number of ether oxygens (including phenoxy) is 1. The van der Waals surface area contributed by atoms with Crippen molar-refractivity contribution in [1.82, 2.24) is 9.80 Å². The Morgan fingerprint density at radius 2 is 1.70 bits per heavy atom. The second-order valence-corrected chi connectivity index (χ2v) is 6.38. The minimum absolute atomic E-state index is 0.918. The highest BCUT2D eigenvalue weighted by molar-refractivity contribution is 5.41. The lowest BCUT2D eigenvalue weighted by molar-refractivity contribution is 0.116. The van der Waals surface area contributed by atoms with Crippen molar-refractivity contribution in [2.75, 3.05) is 33.3 Å². The molecule has 0 atom stereocenters. The van der Waals surface area contributed by atoms with Crippen LogP contribution in [0.4, 0.5) is 0 Å². The first-order valence-corrected chi connectivity index (χ1v) is 8.27. The number of rotatable bonds is 5. The Labute approximate surface area is 138 Å². The van der Waals surface area contributed by atoms with Gasteiger partial charge in [-0.3, -0.25) is 9.80 Å². The second-order valence-electron chi connectivity index (χ2n) is 6.38. The van der Waals surface area contributed by atoms with Crippen molar-refractivity contribution in [3.05, 3.63) is 53.0 Å². The molecule has 1 aliphatic heterocycles. The number of hydrogen-bond donors (Lipinski definition) is 0. The van der Waals surface area contributed by atoms with Gasteiger partial charge in [0.25, 0.3) is 0 Å². The number of piperazine rings is 1. The molecule has 0 aliphatic carbocycles. The normalized spacial score (nSPS) is 16.7. The number of benzene rings is 1. The van der Waals surface area contributed by atoms with Crippen molar-refractivity contribution < 1.29 is 9.15 Å². The van der Waals surface area contributed by atoms with Gasteiger partial charge in [0.15, 0.2) is 0 Å². The van der Waals surface area contributed by atoms with Crippen LogP contribution in [0, 0.1) is 13.8 Å². The van der Waals surface area contributed by atoms with Gasteiger partial charge in [-0.15, -0.1) is 0 Å². The maximum atomic E-state index is 5.44. The van der Waals surface area contributed by atoms with Gasteiger partial charge in [0.05, 0.1) is 19.9 Å². The molecular weight excluding hydrogens is 288 g/mol. The van der Waals surface area contributed by atoms with Crippen molar-refractivity contribution >= 4 is 0 Å². The van der Waals surface area contributed by atoms with Crippen molar-refractivity contribution in [2.45, 2.75) is 26.9 Å². The summed E-state index contributed by atoms with van der Waals surface area (Å²) in [7, 11) is 1.74. The number of methoxy groups -OCH3 is 1. The fraction of sp³-hybridized carbons (Fsp3) is 0.474. The molecule has 1 fully saturated rings. The molecule has 2 aromatic rings. The molecule has 2 heterocycles. The molecule has 0 amide bonds. The molecule has 124 valence electrons. The van der Waals surface area contributed by atoms with E-state index in [-0.39, 0.29) is 0 Å². The molecular formula is C19H26N2O2. The number of nitrogens with zero attached hydrogens (tertiary/aromatic N) is 2. The maximum Gasteiger partial charge on any atom is 0.122 e. The van der Waals surface area contributed by atoms with E-state index in [9.17, 15) is 0 Å². The summed E-state index contributed by atoms with van der Waals surface area (Å²) in [5.74, 6) is 2.04. The smallest absolute Gasteiger partial charge is 0.122 e. The Morgan fingerprint density at radius 3 is 2.30 bits per heavy atom. The number of hydrogen-bond acceptors (Lipinski definition) is 4. The molecule has 3 rings (SSSR count). The monoisotopic (exact) mass is 314 g/mol. The van der Waals surface area contributed by atoms with E-state index in [2.05, 4.69) is 41.8 Å². The van der Waals surface area contributed by atoms with Gasteiger partial charge in [-0.25, -0.2) is 0 Å². The van der Waals surface area contributed by atoms with Crippen LogP contribution in [0.2, 0.25) is 0 Å². The highest BCUT2D eigenvalue weighted by Gasteiger charge is 2.18. The van der Waals surface area contributed by atoms with E-state index < -0.39 is 0 Å². The molecule has 1 aliphatic rings. The quantitative estimate of drug-likeness (QED) is 0.847. The van der Waals surface area contributed by atoms with Crippen LogP contribution in [0.5, 0.6) is 5.75 Å². The zero-order chi connectivity index (χ0) is 16.2. The Morgan fingerprint density at radius 1 is 1.00 bits per heavy atom. The average Bonchev–Trinajstić information content (AvgIpc) is 3.05. The Balaban J connectivity index is 1.55. The zero-order valence-corrected chi connectivity index (χ0v) is 14.3. The van der Waals surface area contributed by atoms with E-state index in [1.54, 1.807) is 13.4 Å². The molecule has 0 bridgehead atoms. The lowest BCUT2D eigenvalue weighted by Gasteiger charge is -2.34. The van der Waals surface area contributed by atoms with Crippen LogP contribution in [0.25, 0.3) is 0 Å². The highest BCUT2D eigenvalue weighted by Crippen LogP contribution is 2.24. The van der Waals surface area contributed by atoms with Crippen molar-refractivity contribution in [3.8, 4) is 5.75 Å². The molecule has 1 saturated heterocycles. The summed E-state index contributed by atoms with van der Waals surface area (Å²) in [4.78, 5) is 4.99. The number of furan rings is 1. The Bertz CT molecular complexity index is 629. The van der Waals surface area contributed by atoms with Crippen LogP contribution in [-0.2, 0) is 13.1 Å². The fourth-order valence-electron chi connectivity index (χ4n) is 3.21. The van der Waals surface area contributed by atoms with Crippen LogP contribution in [-0.4, -0.2) is 43.1 Å². The fourth-order valence-corrected chi connectivity index (χ4v) is 3.21. The molecule has 0 radical (unpaired) electrons. The topological polar surface area (TPSA) is 28.9 Å². The minimum Gasteiger partial charge on any atom is -0.496 e. The molecule has 0 N–H and O–H groups in total. The SMILES string of the molecule is COc1cc(C)c(CN2CCN(Cc3ccco3)CC2)cc1C. The molecule has 1 aromatic heterocycles. The second kappa shape index (κ2) is 7.20. The molecule has 0 unspecified atom stereocenters. The standard InChI is InChI=1S/C19H26N2O2/c1-15-12-19(22-3)16(2)11-17(15)13-20-6-8-21(9-7-20)14-18-5-4-10-23-18/h4-5,10-12H,6-9,13-14H2,1-3H3. The van der Waals surface area contributed by atoms with Crippen LogP contribution < -0.4 is 4.74 Å². The van der Waals surface area contributed by atoms with Gasteiger partial charge >= 0.3 is 0 Å². The van der Waals surface area contributed by atoms with Gasteiger partial charge in [0, 0.05) is 32.7 Å². The van der Waals surface area contributed by atoms with Crippen molar-refractivity contribution in [2.24, 2.45) is 0 Å². The Kier molecular flexibility index (Phi) is 5.03. The van der Waals surface area contributed by atoms with Crippen LogP contribution >= 0.6 is 0 Å². The van der Waals surface area contributed by atoms with Gasteiger partial charge in [0.2, 0.25) is 0 Å². The van der Waals surface area contributed by atoms with Gasteiger partial charge in [-0.2, -0.15) is 0 Å². The van der Waals surface area contributed by atoms with E-state index >= 15 is 0 Å². The summed E-state index contributed by atoms with van der Waals surface area (Å²) >= 11 is 0. The first-order valence-electron chi connectivity index (χ1n) is 8.27. The van der Waals surface area contributed by atoms with E-state index in [1.165, 1.54) is 16.7 Å². The first kappa shape index (κ1) is 16.1. The predicted molar refractivity (Wildman–Crippen MR) is 91.7 cm³/mol. The molecule has 4 nitrogen and oxygen atoms in total. The number of aryl methyl sites for hydroxylation is 2. The van der Waals surface area contributed by atoms with Gasteiger partial charge < -0.3 is 9.15 Å². The third-order valence-corrected chi connectivity index (χ3v) is 4.67. The third-order valence-electron chi connectivity index (χ3n) is 4.67. The summed E-state index contributed by atoms with van der Waals surface area (Å²) in [6, 6.07) is 8.43. The highest BCUT2D eigenvalue weighted by atomic mass is 16.5. The summed E-state index contributed by atoms with van der Waals surface area (Å²) in [6.07, 6.45) is 1.75. The van der Waals surface area contributed by atoms with Gasteiger partial charge in [0.1, 0.15) is 11.5 Å². The van der Waals surface area contributed by atoms with Crippen molar-refractivity contribution in [3.63, 3.8) is 0 Å².